The van der Waals surface area contributed by atoms with E-state index in [9.17, 15) is 14.4 Å². The normalized spacial score (nSPS) is 17.6. The molecule has 2 aromatic rings. The Labute approximate surface area is 182 Å². The van der Waals surface area contributed by atoms with Crippen LogP contribution in [0.5, 0.6) is 0 Å². The van der Waals surface area contributed by atoms with Gasteiger partial charge in [-0.1, -0.05) is 0 Å². The second-order valence-corrected chi connectivity index (χ2v) is 9.69. The molecule has 8 nitrogen and oxygen atoms in total. The molecule has 1 atom stereocenters. The molecule has 1 aliphatic heterocycles. The Morgan fingerprint density at radius 3 is 2.87 bits per heavy atom. The van der Waals surface area contributed by atoms with E-state index >= 15 is 0 Å². The maximum absolute atomic E-state index is 12.6. The molecule has 10 heteroatoms. The fraction of sp³-hybridized carbons (Fsp3) is 0.600. The number of ether oxygens (including phenoxy) is 1. The first-order chi connectivity index (χ1) is 14.5. The van der Waals surface area contributed by atoms with Gasteiger partial charge in [0.05, 0.1) is 30.1 Å². The van der Waals surface area contributed by atoms with Crippen LogP contribution in [0.3, 0.4) is 0 Å². The molecular weight excluding hydrogens is 424 g/mol. The summed E-state index contributed by atoms with van der Waals surface area (Å²) in [5, 5.41) is 3.50. The molecule has 2 N–H and O–H groups in total. The predicted octanol–water partition coefficient (Wildman–Crippen LogP) is 1.46. The number of morpholine rings is 1. The minimum Gasteiger partial charge on any atom is -0.378 e. The molecule has 162 valence electrons. The maximum Gasteiger partial charge on any atom is 0.259 e. The van der Waals surface area contributed by atoms with Crippen LogP contribution in [-0.4, -0.2) is 64.8 Å². The van der Waals surface area contributed by atoms with Crippen LogP contribution < -0.4 is 10.9 Å². The van der Waals surface area contributed by atoms with Crippen molar-refractivity contribution in [3.8, 4) is 0 Å². The standard InChI is InChI=1S/C20H26N4O4S2/c1-12(20(27)24-6-8-28-9-7-24)21-16(25)11-29-10-15-22-18(26)17-13-4-2-3-5-14(13)30-19(17)23-15/h12H,2-11H2,1H3,(H,21,25)(H,22,23,26). The molecule has 2 amide bonds. The van der Waals surface area contributed by atoms with Gasteiger partial charge in [-0.25, -0.2) is 4.98 Å². The zero-order chi connectivity index (χ0) is 21.1. The molecule has 1 fully saturated rings. The first-order valence-corrected chi connectivity index (χ1v) is 12.3. The van der Waals surface area contributed by atoms with Crippen LogP contribution in [0.4, 0.5) is 0 Å². The lowest BCUT2D eigenvalue weighted by Crippen LogP contribution is -2.50. The molecule has 1 unspecified atom stereocenters. The van der Waals surface area contributed by atoms with Crippen molar-refractivity contribution >= 4 is 45.1 Å². The number of rotatable bonds is 6. The summed E-state index contributed by atoms with van der Waals surface area (Å²) in [6.07, 6.45) is 4.27. The van der Waals surface area contributed by atoms with Gasteiger partial charge >= 0.3 is 0 Å². The third kappa shape index (κ3) is 4.70. The summed E-state index contributed by atoms with van der Waals surface area (Å²) >= 11 is 2.99. The number of thiophene rings is 1. The van der Waals surface area contributed by atoms with Gasteiger partial charge in [-0.05, 0) is 38.2 Å². The van der Waals surface area contributed by atoms with E-state index in [2.05, 4.69) is 15.3 Å². The topological polar surface area (TPSA) is 104 Å². The molecule has 0 bridgehead atoms. The van der Waals surface area contributed by atoms with Gasteiger partial charge in [0.25, 0.3) is 5.56 Å². The quantitative estimate of drug-likeness (QED) is 0.691. The van der Waals surface area contributed by atoms with Crippen molar-refractivity contribution in [1.82, 2.24) is 20.2 Å². The summed E-state index contributed by atoms with van der Waals surface area (Å²) in [4.78, 5) is 48.5. The van der Waals surface area contributed by atoms with Gasteiger partial charge in [0.2, 0.25) is 11.8 Å². The molecule has 2 aromatic heterocycles. The molecule has 0 saturated carbocycles. The highest BCUT2D eigenvalue weighted by Gasteiger charge is 2.24. The van der Waals surface area contributed by atoms with Crippen LogP contribution in [0, 0.1) is 0 Å². The fourth-order valence-electron chi connectivity index (χ4n) is 3.92. The number of thioether (sulfide) groups is 1. The Kier molecular flexibility index (Phi) is 6.74. The molecule has 30 heavy (non-hydrogen) atoms. The number of H-pyrrole nitrogens is 1. The number of aryl methyl sites for hydroxylation is 2. The summed E-state index contributed by atoms with van der Waals surface area (Å²) < 4.78 is 5.25. The summed E-state index contributed by atoms with van der Waals surface area (Å²) in [7, 11) is 0. The highest BCUT2D eigenvalue weighted by Crippen LogP contribution is 2.33. The van der Waals surface area contributed by atoms with Crippen molar-refractivity contribution < 1.29 is 14.3 Å². The van der Waals surface area contributed by atoms with Crippen LogP contribution in [0.1, 0.15) is 36.0 Å². The summed E-state index contributed by atoms with van der Waals surface area (Å²) in [5.74, 6) is 0.927. The number of nitrogens with zero attached hydrogens (tertiary/aromatic N) is 2. The number of carbonyl (C=O) groups excluding carboxylic acids is 2. The highest BCUT2D eigenvalue weighted by molar-refractivity contribution is 7.99. The Balaban J connectivity index is 1.30. The average Bonchev–Trinajstić information content (AvgIpc) is 3.12. The molecular formula is C20H26N4O4S2. The number of fused-ring (bicyclic) bond motifs is 3. The zero-order valence-corrected chi connectivity index (χ0v) is 18.6. The van der Waals surface area contributed by atoms with Gasteiger partial charge in [0.1, 0.15) is 16.7 Å². The molecule has 1 saturated heterocycles. The van der Waals surface area contributed by atoms with Gasteiger partial charge in [-0.15, -0.1) is 23.1 Å². The van der Waals surface area contributed by atoms with Crippen molar-refractivity contribution in [3.05, 3.63) is 26.6 Å². The van der Waals surface area contributed by atoms with Crippen LogP contribution in [0.25, 0.3) is 10.2 Å². The van der Waals surface area contributed by atoms with Gasteiger partial charge in [-0.2, -0.15) is 0 Å². The smallest absolute Gasteiger partial charge is 0.259 e. The third-order valence-electron chi connectivity index (χ3n) is 5.42. The van der Waals surface area contributed by atoms with E-state index in [1.165, 1.54) is 28.6 Å². The molecule has 1 aliphatic carbocycles. The molecule has 3 heterocycles. The Morgan fingerprint density at radius 2 is 2.07 bits per heavy atom. The average molecular weight is 451 g/mol. The van der Waals surface area contributed by atoms with Crippen molar-refractivity contribution in [2.75, 3.05) is 32.1 Å². The predicted molar refractivity (Wildman–Crippen MR) is 118 cm³/mol. The maximum atomic E-state index is 12.6. The van der Waals surface area contributed by atoms with Crippen molar-refractivity contribution in [2.24, 2.45) is 0 Å². The minimum absolute atomic E-state index is 0.0795. The number of aromatic amines is 1. The lowest BCUT2D eigenvalue weighted by molar-refractivity contribution is -0.139. The number of amides is 2. The van der Waals surface area contributed by atoms with E-state index in [-0.39, 0.29) is 23.1 Å². The van der Waals surface area contributed by atoms with Crippen LogP contribution in [0.2, 0.25) is 0 Å². The van der Waals surface area contributed by atoms with E-state index in [0.717, 1.165) is 29.5 Å². The zero-order valence-electron chi connectivity index (χ0n) is 17.0. The third-order valence-corrected chi connectivity index (χ3v) is 7.55. The van der Waals surface area contributed by atoms with Gasteiger partial charge < -0.3 is 19.9 Å². The van der Waals surface area contributed by atoms with E-state index in [1.807, 2.05) is 0 Å². The molecule has 4 rings (SSSR count). The Bertz CT molecular complexity index is 997. The largest absolute Gasteiger partial charge is 0.378 e. The molecule has 0 aromatic carbocycles. The number of hydrogen-bond donors (Lipinski definition) is 2. The fourth-order valence-corrected chi connectivity index (χ4v) is 5.90. The summed E-state index contributed by atoms with van der Waals surface area (Å²) in [6, 6.07) is -0.567. The lowest BCUT2D eigenvalue weighted by atomic mass is 9.97. The lowest BCUT2D eigenvalue weighted by Gasteiger charge is -2.29. The minimum atomic E-state index is -0.567. The number of aromatic nitrogens is 2. The van der Waals surface area contributed by atoms with Gasteiger partial charge in [-0.3, -0.25) is 14.4 Å². The van der Waals surface area contributed by atoms with Crippen molar-refractivity contribution in [2.45, 2.75) is 44.4 Å². The molecule has 0 spiro atoms. The van der Waals surface area contributed by atoms with Crippen molar-refractivity contribution in [1.29, 1.82) is 0 Å². The van der Waals surface area contributed by atoms with Crippen LogP contribution >= 0.6 is 23.1 Å². The van der Waals surface area contributed by atoms with E-state index < -0.39 is 6.04 Å². The first-order valence-electron chi connectivity index (χ1n) is 10.3. The summed E-state index contributed by atoms with van der Waals surface area (Å²) in [6.45, 7) is 3.88. The SMILES string of the molecule is CC(NC(=O)CSCc1nc2sc3c(c2c(=O)[nH]1)CCCC3)C(=O)N1CCOCC1. The Hall–Kier alpha value is -1.91. The molecule has 2 aliphatic rings. The summed E-state index contributed by atoms with van der Waals surface area (Å²) in [5.41, 5.74) is 1.09. The van der Waals surface area contributed by atoms with Crippen LogP contribution in [-0.2, 0) is 32.9 Å². The van der Waals surface area contributed by atoms with Gasteiger partial charge in [0.15, 0.2) is 0 Å². The van der Waals surface area contributed by atoms with Gasteiger partial charge in [0, 0.05) is 18.0 Å². The Morgan fingerprint density at radius 1 is 1.30 bits per heavy atom. The monoisotopic (exact) mass is 450 g/mol. The number of nitrogens with one attached hydrogen (secondary N) is 2. The second kappa shape index (κ2) is 9.49. The van der Waals surface area contributed by atoms with Crippen LogP contribution in [0.15, 0.2) is 4.79 Å². The first kappa shape index (κ1) is 21.3. The van der Waals surface area contributed by atoms with E-state index in [4.69, 9.17) is 4.74 Å². The van der Waals surface area contributed by atoms with E-state index in [0.29, 0.717) is 37.9 Å². The number of carbonyl (C=O) groups is 2. The van der Waals surface area contributed by atoms with E-state index in [1.54, 1.807) is 23.2 Å². The number of hydrogen-bond acceptors (Lipinski definition) is 7. The highest BCUT2D eigenvalue weighted by atomic mass is 32.2. The van der Waals surface area contributed by atoms with Crippen molar-refractivity contribution in [3.63, 3.8) is 0 Å². The second-order valence-electron chi connectivity index (χ2n) is 7.62. The molecule has 0 radical (unpaired) electrons.